The SMILES string of the molecule is Cc1ccc(Cl)c2sc(N3CCN(C(=O)c4cnccn4)CC3)nc12. The number of thiazole rings is 1. The van der Waals surface area contributed by atoms with Crippen LogP contribution in [0.2, 0.25) is 5.02 Å². The Morgan fingerprint density at radius 1 is 1.20 bits per heavy atom. The summed E-state index contributed by atoms with van der Waals surface area (Å²) in [5.74, 6) is -0.0732. The Morgan fingerprint density at radius 2 is 2.00 bits per heavy atom. The van der Waals surface area contributed by atoms with E-state index in [1.807, 2.05) is 24.0 Å². The van der Waals surface area contributed by atoms with Crippen molar-refractivity contribution < 1.29 is 4.79 Å². The highest BCUT2D eigenvalue weighted by Crippen LogP contribution is 2.35. The van der Waals surface area contributed by atoms with Gasteiger partial charge in [-0.05, 0) is 18.6 Å². The number of benzene rings is 1. The summed E-state index contributed by atoms with van der Waals surface area (Å²) in [4.78, 5) is 29.3. The molecule has 0 spiro atoms. The first kappa shape index (κ1) is 16.2. The third kappa shape index (κ3) is 3.05. The molecule has 0 atom stereocenters. The number of fused-ring (bicyclic) bond motifs is 1. The lowest BCUT2D eigenvalue weighted by atomic mass is 10.2. The van der Waals surface area contributed by atoms with E-state index in [4.69, 9.17) is 16.6 Å². The van der Waals surface area contributed by atoms with Crippen molar-refractivity contribution in [2.75, 3.05) is 31.1 Å². The lowest BCUT2D eigenvalue weighted by Crippen LogP contribution is -2.49. The molecular formula is C17H16ClN5OS. The molecule has 8 heteroatoms. The predicted molar refractivity (Wildman–Crippen MR) is 99.5 cm³/mol. The minimum absolute atomic E-state index is 0.0732. The van der Waals surface area contributed by atoms with Crippen molar-refractivity contribution in [2.45, 2.75) is 6.92 Å². The maximum absolute atomic E-state index is 12.4. The molecule has 1 aliphatic rings. The summed E-state index contributed by atoms with van der Waals surface area (Å²) >= 11 is 7.91. The van der Waals surface area contributed by atoms with Gasteiger partial charge in [-0.2, -0.15) is 0 Å². The zero-order valence-corrected chi connectivity index (χ0v) is 15.2. The number of amides is 1. The zero-order chi connectivity index (χ0) is 17.4. The molecule has 0 saturated carbocycles. The highest BCUT2D eigenvalue weighted by Gasteiger charge is 2.25. The lowest BCUT2D eigenvalue weighted by molar-refractivity contribution is 0.0740. The third-order valence-electron chi connectivity index (χ3n) is 4.31. The Labute approximate surface area is 154 Å². The Balaban J connectivity index is 1.50. The van der Waals surface area contributed by atoms with Crippen LogP contribution in [0.4, 0.5) is 5.13 Å². The number of anilines is 1. The lowest BCUT2D eigenvalue weighted by Gasteiger charge is -2.34. The molecule has 0 aliphatic carbocycles. The molecule has 1 amide bonds. The first-order valence-corrected chi connectivity index (χ1v) is 9.19. The van der Waals surface area contributed by atoms with Crippen molar-refractivity contribution >= 4 is 44.2 Å². The average molecular weight is 374 g/mol. The molecule has 3 aromatic rings. The van der Waals surface area contributed by atoms with Crippen LogP contribution in [-0.4, -0.2) is 51.9 Å². The monoisotopic (exact) mass is 373 g/mol. The molecule has 1 fully saturated rings. The normalized spacial score (nSPS) is 15.0. The highest BCUT2D eigenvalue weighted by atomic mass is 35.5. The van der Waals surface area contributed by atoms with E-state index in [-0.39, 0.29) is 5.91 Å². The summed E-state index contributed by atoms with van der Waals surface area (Å²) < 4.78 is 1.02. The van der Waals surface area contributed by atoms with Gasteiger partial charge in [0.2, 0.25) is 0 Å². The third-order valence-corrected chi connectivity index (χ3v) is 5.88. The predicted octanol–water partition coefficient (Wildman–Crippen LogP) is 3.01. The fourth-order valence-corrected chi connectivity index (χ4v) is 4.27. The van der Waals surface area contributed by atoms with E-state index in [0.29, 0.717) is 18.8 Å². The van der Waals surface area contributed by atoms with E-state index < -0.39 is 0 Å². The van der Waals surface area contributed by atoms with Gasteiger partial charge in [0.15, 0.2) is 5.13 Å². The number of aromatic nitrogens is 3. The maximum Gasteiger partial charge on any atom is 0.274 e. The van der Waals surface area contributed by atoms with E-state index in [2.05, 4.69) is 14.9 Å². The number of hydrogen-bond donors (Lipinski definition) is 0. The summed E-state index contributed by atoms with van der Waals surface area (Å²) in [6.45, 7) is 4.79. The van der Waals surface area contributed by atoms with Crippen LogP contribution in [0, 0.1) is 6.92 Å². The van der Waals surface area contributed by atoms with Crippen molar-refractivity contribution in [1.82, 2.24) is 19.9 Å². The standard InChI is InChI=1S/C17H16ClN5OS/c1-11-2-3-12(18)15-14(11)21-17(25-15)23-8-6-22(7-9-23)16(24)13-10-19-4-5-20-13/h2-5,10H,6-9H2,1H3. The van der Waals surface area contributed by atoms with Crippen molar-refractivity contribution in [1.29, 1.82) is 0 Å². The number of rotatable bonds is 2. The maximum atomic E-state index is 12.4. The van der Waals surface area contributed by atoms with E-state index in [1.165, 1.54) is 12.4 Å². The fraction of sp³-hybridized carbons (Fsp3) is 0.294. The Hall–Kier alpha value is -2.25. The minimum atomic E-state index is -0.0732. The molecule has 0 N–H and O–H groups in total. The van der Waals surface area contributed by atoms with E-state index in [1.54, 1.807) is 17.5 Å². The molecule has 25 heavy (non-hydrogen) atoms. The second kappa shape index (κ2) is 6.57. The number of halogens is 1. The minimum Gasteiger partial charge on any atom is -0.345 e. The Kier molecular flexibility index (Phi) is 4.27. The number of nitrogens with zero attached hydrogens (tertiary/aromatic N) is 5. The Bertz CT molecular complexity index is 882. The van der Waals surface area contributed by atoms with Gasteiger partial charge in [0.05, 0.1) is 21.4 Å². The first-order valence-electron chi connectivity index (χ1n) is 7.99. The number of carbonyl (C=O) groups excluding carboxylic acids is 1. The van der Waals surface area contributed by atoms with Gasteiger partial charge >= 0.3 is 0 Å². The zero-order valence-electron chi connectivity index (χ0n) is 13.6. The largest absolute Gasteiger partial charge is 0.345 e. The molecule has 6 nitrogen and oxygen atoms in total. The molecule has 1 saturated heterocycles. The summed E-state index contributed by atoms with van der Waals surface area (Å²) in [5.41, 5.74) is 2.47. The van der Waals surface area contributed by atoms with Crippen molar-refractivity contribution in [2.24, 2.45) is 0 Å². The quantitative estimate of drug-likeness (QED) is 0.691. The highest BCUT2D eigenvalue weighted by molar-refractivity contribution is 7.22. The van der Waals surface area contributed by atoms with Gasteiger partial charge < -0.3 is 9.80 Å². The molecule has 1 aliphatic heterocycles. The van der Waals surface area contributed by atoms with Gasteiger partial charge in [0.25, 0.3) is 5.91 Å². The van der Waals surface area contributed by atoms with Crippen molar-refractivity contribution in [3.63, 3.8) is 0 Å². The second-order valence-corrected chi connectivity index (χ2v) is 7.29. The molecule has 0 unspecified atom stereocenters. The molecule has 4 rings (SSSR count). The molecule has 128 valence electrons. The number of hydrogen-bond acceptors (Lipinski definition) is 6. The van der Waals surface area contributed by atoms with Crippen LogP contribution in [0.15, 0.2) is 30.7 Å². The topological polar surface area (TPSA) is 62.2 Å². The average Bonchev–Trinajstić information content (AvgIpc) is 3.12. The van der Waals surface area contributed by atoms with Crippen molar-refractivity contribution in [3.8, 4) is 0 Å². The van der Waals surface area contributed by atoms with Gasteiger partial charge in [-0.15, -0.1) is 0 Å². The van der Waals surface area contributed by atoms with Crippen LogP contribution in [0.25, 0.3) is 10.2 Å². The smallest absolute Gasteiger partial charge is 0.274 e. The molecule has 1 aromatic carbocycles. The summed E-state index contributed by atoms with van der Waals surface area (Å²) in [7, 11) is 0. The Morgan fingerprint density at radius 3 is 2.68 bits per heavy atom. The van der Waals surface area contributed by atoms with Crippen LogP contribution in [0.5, 0.6) is 0 Å². The summed E-state index contributed by atoms with van der Waals surface area (Å²) in [5, 5.41) is 1.69. The van der Waals surface area contributed by atoms with Gasteiger partial charge in [0.1, 0.15) is 5.69 Å². The van der Waals surface area contributed by atoms with Crippen LogP contribution < -0.4 is 4.90 Å². The van der Waals surface area contributed by atoms with E-state index >= 15 is 0 Å². The first-order chi connectivity index (χ1) is 12.1. The number of aryl methyl sites for hydroxylation is 1. The number of piperazine rings is 1. The van der Waals surface area contributed by atoms with Crippen LogP contribution in [0.1, 0.15) is 16.1 Å². The van der Waals surface area contributed by atoms with Gasteiger partial charge in [-0.3, -0.25) is 9.78 Å². The van der Waals surface area contributed by atoms with Crippen molar-refractivity contribution in [3.05, 3.63) is 47.0 Å². The van der Waals surface area contributed by atoms with Crippen LogP contribution in [-0.2, 0) is 0 Å². The van der Waals surface area contributed by atoms with Gasteiger partial charge in [-0.1, -0.05) is 29.0 Å². The van der Waals surface area contributed by atoms with Crippen LogP contribution in [0.3, 0.4) is 0 Å². The van der Waals surface area contributed by atoms with E-state index in [0.717, 1.165) is 39.0 Å². The second-order valence-electron chi connectivity index (χ2n) is 5.91. The fourth-order valence-electron chi connectivity index (χ4n) is 2.90. The molecular weight excluding hydrogens is 358 g/mol. The molecule has 0 radical (unpaired) electrons. The summed E-state index contributed by atoms with van der Waals surface area (Å²) in [6.07, 6.45) is 4.61. The van der Waals surface area contributed by atoms with Gasteiger partial charge in [0, 0.05) is 38.6 Å². The molecule has 3 heterocycles. The molecule has 2 aromatic heterocycles. The van der Waals surface area contributed by atoms with E-state index in [9.17, 15) is 4.79 Å². The molecule has 0 bridgehead atoms. The summed E-state index contributed by atoms with van der Waals surface area (Å²) in [6, 6.07) is 3.91. The van der Waals surface area contributed by atoms with Gasteiger partial charge in [-0.25, -0.2) is 9.97 Å². The van der Waals surface area contributed by atoms with Crippen LogP contribution >= 0.6 is 22.9 Å². The number of carbonyl (C=O) groups is 1.